The molecule has 0 radical (unpaired) electrons. The molecule has 0 unspecified atom stereocenters. The Bertz CT molecular complexity index is 1030. The fourth-order valence-electron chi connectivity index (χ4n) is 3.31. The second kappa shape index (κ2) is 7.38. The molecule has 2 aliphatic rings. The van der Waals surface area contributed by atoms with E-state index >= 15 is 0 Å². The maximum Gasteiger partial charge on any atom is 0.310 e. The van der Waals surface area contributed by atoms with E-state index in [0.717, 1.165) is 11.3 Å². The van der Waals surface area contributed by atoms with Crippen LogP contribution in [0.15, 0.2) is 42.5 Å². The van der Waals surface area contributed by atoms with E-state index in [1.807, 2.05) is 0 Å². The Kier molecular flexibility index (Phi) is 4.75. The van der Waals surface area contributed by atoms with Gasteiger partial charge in [0.15, 0.2) is 18.5 Å². The Morgan fingerprint density at radius 1 is 1.21 bits per heavy atom. The molecule has 2 aliphatic heterocycles. The number of benzene rings is 2. The van der Waals surface area contributed by atoms with Gasteiger partial charge in [-0.25, -0.2) is 0 Å². The van der Waals surface area contributed by atoms with Gasteiger partial charge in [-0.2, -0.15) is 0 Å². The number of fused-ring (bicyclic) bond motifs is 2. The maximum atomic E-state index is 12.3. The minimum Gasteiger partial charge on any atom is -0.478 e. The van der Waals surface area contributed by atoms with Crippen molar-refractivity contribution in [2.75, 3.05) is 23.9 Å². The number of rotatable bonds is 5. The first-order valence-corrected chi connectivity index (χ1v) is 9.07. The molecule has 0 fully saturated rings. The van der Waals surface area contributed by atoms with Crippen LogP contribution in [0, 0.1) is 0 Å². The molecule has 4 rings (SSSR count). The quantitative estimate of drug-likeness (QED) is 0.612. The molecule has 0 bridgehead atoms. The number of nitrogens with one attached hydrogen (secondary N) is 1. The summed E-state index contributed by atoms with van der Waals surface area (Å²) in [5.41, 5.74) is 2.43. The third-order valence-electron chi connectivity index (χ3n) is 4.90. The van der Waals surface area contributed by atoms with Gasteiger partial charge in [0.25, 0.3) is 5.91 Å². The van der Waals surface area contributed by atoms with Crippen LogP contribution in [0.25, 0.3) is 0 Å². The van der Waals surface area contributed by atoms with Gasteiger partial charge in [-0.05, 0) is 35.9 Å². The van der Waals surface area contributed by atoms with E-state index in [9.17, 15) is 19.2 Å². The molecular weight excluding hydrogens is 376 g/mol. The average Bonchev–Trinajstić information content (AvgIpc) is 3.00. The van der Waals surface area contributed by atoms with Crippen LogP contribution < -0.4 is 15.0 Å². The fourth-order valence-corrected chi connectivity index (χ4v) is 3.31. The Morgan fingerprint density at radius 3 is 2.83 bits per heavy atom. The third-order valence-corrected chi connectivity index (χ3v) is 4.90. The summed E-state index contributed by atoms with van der Waals surface area (Å²) in [6.07, 6.45) is -1.09. The molecule has 0 aromatic heterocycles. The van der Waals surface area contributed by atoms with Gasteiger partial charge < -0.3 is 19.7 Å². The molecule has 0 spiro atoms. The lowest BCUT2D eigenvalue weighted by molar-refractivity contribution is -0.146. The zero-order valence-electron chi connectivity index (χ0n) is 15.6. The van der Waals surface area contributed by atoms with Crippen LogP contribution in [-0.4, -0.2) is 43.3 Å². The van der Waals surface area contributed by atoms with Crippen molar-refractivity contribution in [3.05, 3.63) is 53.6 Å². The molecule has 0 saturated carbocycles. The summed E-state index contributed by atoms with van der Waals surface area (Å²) in [6, 6.07) is 11.8. The van der Waals surface area contributed by atoms with Crippen LogP contribution in [0.3, 0.4) is 0 Å². The van der Waals surface area contributed by atoms with Crippen LogP contribution in [0.5, 0.6) is 5.75 Å². The predicted molar refractivity (Wildman–Crippen MR) is 103 cm³/mol. The highest BCUT2D eigenvalue weighted by molar-refractivity contribution is 6.04. The predicted octanol–water partition coefficient (Wildman–Crippen LogP) is 1.72. The number of likely N-dealkylation sites (N-methyl/N-ethyl adjacent to an activating group) is 1. The number of Topliss-reactive ketones (excluding diaryl/α,β-unsaturated/α-hetero) is 1. The number of esters is 1. The van der Waals surface area contributed by atoms with Gasteiger partial charge in [0.2, 0.25) is 5.91 Å². The Hall–Kier alpha value is -3.68. The summed E-state index contributed by atoms with van der Waals surface area (Å²) in [5.74, 6) is -1.11. The van der Waals surface area contributed by atoms with Gasteiger partial charge in [-0.15, -0.1) is 0 Å². The molecule has 2 amide bonds. The SMILES string of the molecule is CN1C(=O)Cc2cc(C(=O)COC(=O)C[C@H]3Oc4ccccc4NC3=O)ccc21. The summed E-state index contributed by atoms with van der Waals surface area (Å²) in [4.78, 5) is 49.8. The van der Waals surface area contributed by atoms with E-state index in [0.29, 0.717) is 17.0 Å². The smallest absolute Gasteiger partial charge is 0.310 e. The molecule has 2 heterocycles. The molecule has 0 saturated heterocycles. The first kappa shape index (κ1) is 18.7. The zero-order valence-corrected chi connectivity index (χ0v) is 15.6. The zero-order chi connectivity index (χ0) is 20.5. The highest BCUT2D eigenvalue weighted by Crippen LogP contribution is 2.30. The second-order valence-corrected chi connectivity index (χ2v) is 6.85. The molecule has 29 heavy (non-hydrogen) atoms. The number of amides is 2. The molecule has 8 heteroatoms. The first-order chi connectivity index (χ1) is 13.9. The monoisotopic (exact) mass is 394 g/mol. The van der Waals surface area contributed by atoms with Crippen molar-refractivity contribution in [2.24, 2.45) is 0 Å². The summed E-state index contributed by atoms with van der Waals surface area (Å²) in [7, 11) is 1.68. The first-order valence-electron chi connectivity index (χ1n) is 9.07. The summed E-state index contributed by atoms with van der Waals surface area (Å²) in [6.45, 7) is -0.452. The van der Waals surface area contributed by atoms with Gasteiger partial charge >= 0.3 is 5.97 Å². The molecule has 1 N–H and O–H groups in total. The molecule has 148 valence electrons. The van der Waals surface area contributed by atoms with E-state index in [1.54, 1.807) is 49.5 Å². The van der Waals surface area contributed by atoms with Gasteiger partial charge in [0.05, 0.1) is 18.5 Å². The van der Waals surface area contributed by atoms with Gasteiger partial charge in [-0.3, -0.25) is 19.2 Å². The molecule has 0 aliphatic carbocycles. The number of carbonyl (C=O) groups excluding carboxylic acids is 4. The number of hydrogen-bond donors (Lipinski definition) is 1. The third kappa shape index (κ3) is 3.69. The average molecular weight is 394 g/mol. The van der Waals surface area contributed by atoms with Gasteiger partial charge in [-0.1, -0.05) is 12.1 Å². The molecule has 1 atom stereocenters. The van der Waals surface area contributed by atoms with Gasteiger partial charge in [0.1, 0.15) is 5.75 Å². The minimum atomic E-state index is -1.02. The van der Waals surface area contributed by atoms with Crippen LogP contribution >= 0.6 is 0 Å². The van der Waals surface area contributed by atoms with Crippen molar-refractivity contribution in [3.8, 4) is 5.75 Å². The molecular formula is C21H18N2O6. The summed E-state index contributed by atoms with van der Waals surface area (Å²) in [5, 5.41) is 2.67. The highest BCUT2D eigenvalue weighted by Gasteiger charge is 2.30. The number of hydrogen-bond acceptors (Lipinski definition) is 6. The van der Waals surface area contributed by atoms with Crippen molar-refractivity contribution in [1.82, 2.24) is 0 Å². The second-order valence-electron chi connectivity index (χ2n) is 6.85. The number of anilines is 2. The standard InChI is InChI=1S/C21H18N2O6/c1-23-15-7-6-12(8-13(15)9-19(23)25)16(24)11-28-20(26)10-18-21(27)22-14-4-2-3-5-17(14)29-18/h2-8,18H,9-11H2,1H3,(H,22,27)/t18-/m1/s1. The van der Waals surface area contributed by atoms with E-state index in [4.69, 9.17) is 9.47 Å². The lowest BCUT2D eigenvalue weighted by Crippen LogP contribution is -2.39. The van der Waals surface area contributed by atoms with Crippen LogP contribution in [0.4, 0.5) is 11.4 Å². The van der Waals surface area contributed by atoms with E-state index in [2.05, 4.69) is 5.32 Å². The van der Waals surface area contributed by atoms with Crippen LogP contribution in [-0.2, 0) is 25.5 Å². The lowest BCUT2D eigenvalue weighted by atomic mass is 10.1. The van der Waals surface area contributed by atoms with Crippen molar-refractivity contribution < 1.29 is 28.7 Å². The lowest BCUT2D eigenvalue weighted by Gasteiger charge is -2.25. The highest BCUT2D eigenvalue weighted by atomic mass is 16.5. The molecule has 2 aromatic carbocycles. The Labute approximate surface area is 166 Å². The van der Waals surface area contributed by atoms with Gasteiger partial charge in [0, 0.05) is 18.3 Å². The number of ketones is 1. The van der Waals surface area contributed by atoms with Crippen molar-refractivity contribution in [2.45, 2.75) is 18.9 Å². The van der Waals surface area contributed by atoms with Crippen molar-refractivity contribution >= 4 is 34.9 Å². The number of carbonyl (C=O) groups is 4. The van der Waals surface area contributed by atoms with E-state index in [-0.39, 0.29) is 24.5 Å². The normalized spacial score (nSPS) is 17.1. The number of para-hydroxylation sites is 2. The summed E-state index contributed by atoms with van der Waals surface area (Å²) < 4.78 is 10.6. The Morgan fingerprint density at radius 2 is 2.00 bits per heavy atom. The summed E-state index contributed by atoms with van der Waals surface area (Å²) >= 11 is 0. The molecule has 2 aromatic rings. The van der Waals surface area contributed by atoms with Crippen LogP contribution in [0.2, 0.25) is 0 Å². The topological polar surface area (TPSA) is 102 Å². The maximum absolute atomic E-state index is 12.3. The van der Waals surface area contributed by atoms with Crippen molar-refractivity contribution in [1.29, 1.82) is 0 Å². The van der Waals surface area contributed by atoms with E-state index in [1.165, 1.54) is 4.90 Å². The fraction of sp³-hybridized carbons (Fsp3) is 0.238. The Balaban J connectivity index is 1.33. The number of ether oxygens (including phenoxy) is 2. The molecule has 8 nitrogen and oxygen atoms in total. The minimum absolute atomic E-state index is 0.0386. The number of nitrogens with zero attached hydrogens (tertiary/aromatic N) is 1. The van der Waals surface area contributed by atoms with Crippen molar-refractivity contribution in [3.63, 3.8) is 0 Å². The van der Waals surface area contributed by atoms with E-state index < -0.39 is 24.6 Å². The van der Waals surface area contributed by atoms with Crippen LogP contribution in [0.1, 0.15) is 22.3 Å². The largest absolute Gasteiger partial charge is 0.478 e.